The minimum Gasteiger partial charge on any atom is -0.354 e. The first-order valence-corrected chi connectivity index (χ1v) is 9.21. The molecule has 4 rings (SSSR count). The number of anilines is 3. The maximum atomic E-state index is 13.1. The second-order valence-corrected chi connectivity index (χ2v) is 6.85. The number of carbonyl (C=O) groups excluding carboxylic acids is 1. The fraction of sp³-hybridized carbons (Fsp3) is 0.182. The fourth-order valence-electron chi connectivity index (χ4n) is 3.43. The molecule has 148 valence electrons. The first kappa shape index (κ1) is 19.0. The van der Waals surface area contributed by atoms with Gasteiger partial charge in [-0.15, -0.1) is 0 Å². The number of aromatic nitrogens is 1. The van der Waals surface area contributed by atoms with Gasteiger partial charge in [-0.2, -0.15) is 13.2 Å². The predicted molar refractivity (Wildman–Crippen MR) is 105 cm³/mol. The van der Waals surface area contributed by atoms with E-state index in [1.165, 1.54) is 24.5 Å². The van der Waals surface area contributed by atoms with E-state index in [-0.39, 0.29) is 5.91 Å². The zero-order valence-electron chi connectivity index (χ0n) is 15.4. The molecule has 0 fully saturated rings. The predicted octanol–water partition coefficient (Wildman–Crippen LogP) is 5.44. The highest BCUT2D eigenvalue weighted by atomic mass is 19.4. The molecule has 3 aromatic rings. The topological polar surface area (TPSA) is 45.2 Å². The van der Waals surface area contributed by atoms with Crippen LogP contribution in [0, 0.1) is 0 Å². The highest BCUT2D eigenvalue weighted by Gasteiger charge is 2.30. The van der Waals surface area contributed by atoms with E-state index in [0.29, 0.717) is 23.5 Å². The van der Waals surface area contributed by atoms with Gasteiger partial charge in [-0.05, 0) is 54.8 Å². The van der Waals surface area contributed by atoms with E-state index in [1.807, 2.05) is 24.3 Å². The Labute approximate surface area is 166 Å². The number of carbonyl (C=O) groups is 1. The molecule has 1 aromatic heterocycles. The molecule has 1 aliphatic rings. The van der Waals surface area contributed by atoms with Gasteiger partial charge < -0.3 is 10.2 Å². The van der Waals surface area contributed by atoms with Crippen molar-refractivity contribution >= 4 is 23.0 Å². The number of hydrogen-bond donors (Lipinski definition) is 1. The Morgan fingerprint density at radius 3 is 2.52 bits per heavy atom. The van der Waals surface area contributed by atoms with Gasteiger partial charge in [0.25, 0.3) is 5.91 Å². The number of nitrogens with zero attached hydrogens (tertiary/aromatic N) is 2. The Morgan fingerprint density at radius 1 is 1.00 bits per heavy atom. The van der Waals surface area contributed by atoms with E-state index in [0.717, 1.165) is 36.2 Å². The summed E-state index contributed by atoms with van der Waals surface area (Å²) in [4.78, 5) is 18.9. The third kappa shape index (κ3) is 4.08. The van der Waals surface area contributed by atoms with Crippen LogP contribution < -0.4 is 10.2 Å². The summed E-state index contributed by atoms with van der Waals surface area (Å²) < 4.78 is 38.1. The van der Waals surface area contributed by atoms with Crippen LogP contribution in [0.4, 0.5) is 30.2 Å². The number of rotatable bonds is 3. The van der Waals surface area contributed by atoms with Crippen LogP contribution in [0.5, 0.6) is 0 Å². The number of hydrogen-bond acceptors (Lipinski definition) is 3. The minimum absolute atomic E-state index is 0.152. The molecule has 0 bridgehead atoms. The summed E-state index contributed by atoms with van der Waals surface area (Å²) in [5, 5.41) is 3.00. The second-order valence-electron chi connectivity index (χ2n) is 6.85. The molecule has 1 aliphatic heterocycles. The SMILES string of the molecule is O=C(c1cncc(Nc2ccc(C(F)(F)F)cc2)c1)N1CCCc2ccccc21. The molecule has 2 heterocycles. The standard InChI is InChI=1S/C22H18F3N3O/c23-22(24,25)17-7-9-18(10-8-17)27-19-12-16(13-26-14-19)21(29)28-11-3-5-15-4-1-2-6-20(15)28/h1-2,4,6-10,12-14,27H,3,5,11H2. The number of aryl methyl sites for hydroxylation is 1. The van der Waals surface area contributed by atoms with Gasteiger partial charge in [0.2, 0.25) is 0 Å². The van der Waals surface area contributed by atoms with Crippen molar-refractivity contribution in [3.63, 3.8) is 0 Å². The number of fused-ring (bicyclic) bond motifs is 1. The van der Waals surface area contributed by atoms with E-state index < -0.39 is 11.7 Å². The second kappa shape index (κ2) is 7.58. The van der Waals surface area contributed by atoms with Crippen LogP contribution in [0.2, 0.25) is 0 Å². The first-order valence-electron chi connectivity index (χ1n) is 9.21. The van der Waals surface area contributed by atoms with Crippen LogP contribution in [0.15, 0.2) is 67.0 Å². The number of amides is 1. The van der Waals surface area contributed by atoms with Crippen molar-refractivity contribution < 1.29 is 18.0 Å². The lowest BCUT2D eigenvalue weighted by Crippen LogP contribution is -2.35. The summed E-state index contributed by atoms with van der Waals surface area (Å²) in [7, 11) is 0. The summed E-state index contributed by atoms with van der Waals surface area (Å²) >= 11 is 0. The van der Waals surface area contributed by atoms with Gasteiger partial charge in [0.15, 0.2) is 0 Å². The Morgan fingerprint density at radius 2 is 1.76 bits per heavy atom. The van der Waals surface area contributed by atoms with E-state index in [1.54, 1.807) is 11.0 Å². The maximum absolute atomic E-state index is 13.1. The van der Waals surface area contributed by atoms with Crippen LogP contribution >= 0.6 is 0 Å². The van der Waals surface area contributed by atoms with Crippen molar-refractivity contribution in [3.8, 4) is 0 Å². The molecule has 0 atom stereocenters. The Kier molecular flexibility index (Phi) is 4.96. The molecule has 1 N–H and O–H groups in total. The monoisotopic (exact) mass is 397 g/mol. The largest absolute Gasteiger partial charge is 0.416 e. The molecule has 0 aliphatic carbocycles. The van der Waals surface area contributed by atoms with Crippen molar-refractivity contribution in [2.75, 3.05) is 16.8 Å². The van der Waals surface area contributed by atoms with Gasteiger partial charge in [0.1, 0.15) is 0 Å². The van der Waals surface area contributed by atoms with Crippen LogP contribution in [0.25, 0.3) is 0 Å². The minimum atomic E-state index is -4.38. The van der Waals surface area contributed by atoms with Gasteiger partial charge in [-0.3, -0.25) is 9.78 Å². The average molecular weight is 397 g/mol. The van der Waals surface area contributed by atoms with Gasteiger partial charge >= 0.3 is 6.18 Å². The molecule has 0 saturated carbocycles. The summed E-state index contributed by atoms with van der Waals surface area (Å²) in [5.74, 6) is -0.152. The van der Waals surface area contributed by atoms with E-state index in [2.05, 4.69) is 10.3 Å². The molecule has 0 unspecified atom stereocenters. The molecule has 0 radical (unpaired) electrons. The van der Waals surface area contributed by atoms with Crippen molar-refractivity contribution in [2.24, 2.45) is 0 Å². The summed E-state index contributed by atoms with van der Waals surface area (Å²) in [6.45, 7) is 0.631. The summed E-state index contributed by atoms with van der Waals surface area (Å²) in [6, 6.07) is 14.2. The van der Waals surface area contributed by atoms with Crippen molar-refractivity contribution in [1.29, 1.82) is 0 Å². The van der Waals surface area contributed by atoms with Gasteiger partial charge in [0, 0.05) is 24.1 Å². The smallest absolute Gasteiger partial charge is 0.354 e. The number of para-hydroxylation sites is 1. The Bertz CT molecular complexity index is 1030. The van der Waals surface area contributed by atoms with Crippen molar-refractivity contribution in [3.05, 3.63) is 83.7 Å². The zero-order valence-corrected chi connectivity index (χ0v) is 15.4. The molecule has 0 spiro atoms. The molecular weight excluding hydrogens is 379 g/mol. The molecule has 1 amide bonds. The zero-order chi connectivity index (χ0) is 20.4. The average Bonchev–Trinajstić information content (AvgIpc) is 2.73. The lowest BCUT2D eigenvalue weighted by Gasteiger charge is -2.29. The molecule has 29 heavy (non-hydrogen) atoms. The van der Waals surface area contributed by atoms with Crippen molar-refractivity contribution in [2.45, 2.75) is 19.0 Å². The Balaban J connectivity index is 1.54. The van der Waals surface area contributed by atoms with Crippen LogP contribution in [0.1, 0.15) is 27.9 Å². The van der Waals surface area contributed by atoms with Gasteiger partial charge in [-0.1, -0.05) is 18.2 Å². The highest BCUT2D eigenvalue weighted by Crippen LogP contribution is 2.31. The van der Waals surface area contributed by atoms with Crippen LogP contribution in [-0.4, -0.2) is 17.4 Å². The molecule has 4 nitrogen and oxygen atoms in total. The van der Waals surface area contributed by atoms with Crippen LogP contribution in [-0.2, 0) is 12.6 Å². The normalized spacial score (nSPS) is 13.7. The van der Waals surface area contributed by atoms with Gasteiger partial charge in [0.05, 0.1) is 23.0 Å². The first-order chi connectivity index (χ1) is 13.9. The quantitative estimate of drug-likeness (QED) is 0.640. The number of nitrogens with one attached hydrogen (secondary N) is 1. The van der Waals surface area contributed by atoms with Crippen LogP contribution in [0.3, 0.4) is 0 Å². The van der Waals surface area contributed by atoms with Gasteiger partial charge in [-0.25, -0.2) is 0 Å². The number of benzene rings is 2. The molecular formula is C22H18F3N3O. The third-order valence-corrected chi connectivity index (χ3v) is 4.84. The maximum Gasteiger partial charge on any atom is 0.416 e. The summed E-state index contributed by atoms with van der Waals surface area (Å²) in [5.41, 5.74) is 2.75. The summed E-state index contributed by atoms with van der Waals surface area (Å²) in [6.07, 6.45) is 0.473. The Hall–Kier alpha value is -3.35. The lowest BCUT2D eigenvalue weighted by molar-refractivity contribution is -0.137. The van der Waals surface area contributed by atoms with E-state index in [9.17, 15) is 18.0 Å². The lowest BCUT2D eigenvalue weighted by atomic mass is 10.0. The van der Waals surface area contributed by atoms with E-state index in [4.69, 9.17) is 0 Å². The molecule has 0 saturated heterocycles. The molecule has 7 heteroatoms. The number of halogens is 3. The van der Waals surface area contributed by atoms with Crippen molar-refractivity contribution in [1.82, 2.24) is 4.98 Å². The number of alkyl halides is 3. The third-order valence-electron chi connectivity index (χ3n) is 4.84. The number of pyridine rings is 1. The van der Waals surface area contributed by atoms with E-state index >= 15 is 0 Å². The molecule has 2 aromatic carbocycles. The highest BCUT2D eigenvalue weighted by molar-refractivity contribution is 6.07. The fourth-order valence-corrected chi connectivity index (χ4v) is 3.43.